The summed E-state index contributed by atoms with van der Waals surface area (Å²) in [5, 5.41) is 12.1. The van der Waals surface area contributed by atoms with E-state index in [9.17, 15) is 13.6 Å². The zero-order valence-corrected chi connectivity index (χ0v) is 13.9. The van der Waals surface area contributed by atoms with Crippen LogP contribution in [0.4, 0.5) is 13.9 Å². The lowest BCUT2D eigenvalue weighted by molar-refractivity contribution is -0.116. The summed E-state index contributed by atoms with van der Waals surface area (Å²) in [6.07, 6.45) is 2.13. The van der Waals surface area contributed by atoms with Gasteiger partial charge in [-0.2, -0.15) is 0 Å². The van der Waals surface area contributed by atoms with Crippen LogP contribution in [0.25, 0.3) is 0 Å². The maximum Gasteiger partial charge on any atom is 0.226 e. The van der Waals surface area contributed by atoms with Crippen LogP contribution in [-0.2, 0) is 11.2 Å². The van der Waals surface area contributed by atoms with Gasteiger partial charge in [-0.25, -0.2) is 8.78 Å². The molecule has 7 heteroatoms. The summed E-state index contributed by atoms with van der Waals surface area (Å²) in [7, 11) is 0. The molecule has 1 heterocycles. The standard InChI is InChI=1S/C16H19F2N3OS/c1-3-10(4-2)15-20-21-16(23-15)19-14(22)8-5-11-9-12(17)6-7-13(11)18/h6-7,9-10H,3-5,8H2,1-2H3,(H,19,21,22). The molecule has 124 valence electrons. The first kappa shape index (κ1) is 17.5. The van der Waals surface area contributed by atoms with Crippen LogP contribution in [0.5, 0.6) is 0 Å². The highest BCUT2D eigenvalue weighted by atomic mass is 32.1. The van der Waals surface area contributed by atoms with Gasteiger partial charge < -0.3 is 5.32 Å². The van der Waals surface area contributed by atoms with Crippen molar-refractivity contribution in [1.29, 1.82) is 0 Å². The minimum Gasteiger partial charge on any atom is -0.301 e. The molecular formula is C16H19F2N3OS. The van der Waals surface area contributed by atoms with Crippen molar-refractivity contribution in [3.05, 3.63) is 40.4 Å². The Kier molecular flexibility index (Phi) is 6.15. The van der Waals surface area contributed by atoms with E-state index in [1.54, 1.807) is 0 Å². The number of amides is 1. The van der Waals surface area contributed by atoms with Gasteiger partial charge in [-0.3, -0.25) is 4.79 Å². The monoisotopic (exact) mass is 339 g/mol. The molecule has 1 N–H and O–H groups in total. The highest BCUT2D eigenvalue weighted by Crippen LogP contribution is 2.28. The van der Waals surface area contributed by atoms with Crippen LogP contribution in [0, 0.1) is 11.6 Å². The minimum atomic E-state index is -0.513. The molecule has 0 unspecified atom stereocenters. The smallest absolute Gasteiger partial charge is 0.226 e. The van der Waals surface area contributed by atoms with E-state index in [4.69, 9.17) is 0 Å². The lowest BCUT2D eigenvalue weighted by Crippen LogP contribution is -2.12. The summed E-state index contributed by atoms with van der Waals surface area (Å²) in [5.41, 5.74) is 0.190. The van der Waals surface area contributed by atoms with Gasteiger partial charge in [0.05, 0.1) is 0 Å². The van der Waals surface area contributed by atoms with Gasteiger partial charge in [0, 0.05) is 12.3 Å². The minimum absolute atomic E-state index is 0.0558. The number of carbonyl (C=O) groups is 1. The average molecular weight is 339 g/mol. The van der Waals surface area contributed by atoms with Crippen molar-refractivity contribution in [2.24, 2.45) is 0 Å². The van der Waals surface area contributed by atoms with E-state index >= 15 is 0 Å². The number of aryl methyl sites for hydroxylation is 1. The topological polar surface area (TPSA) is 54.9 Å². The zero-order valence-electron chi connectivity index (χ0n) is 13.1. The fourth-order valence-corrected chi connectivity index (χ4v) is 3.28. The van der Waals surface area contributed by atoms with Crippen LogP contribution < -0.4 is 5.32 Å². The first-order valence-electron chi connectivity index (χ1n) is 7.60. The van der Waals surface area contributed by atoms with Gasteiger partial charge in [0.1, 0.15) is 16.6 Å². The van der Waals surface area contributed by atoms with Gasteiger partial charge in [0.2, 0.25) is 11.0 Å². The van der Waals surface area contributed by atoms with Gasteiger partial charge in [-0.15, -0.1) is 10.2 Å². The Morgan fingerprint density at radius 1 is 1.26 bits per heavy atom. The molecule has 0 saturated carbocycles. The highest BCUT2D eigenvalue weighted by molar-refractivity contribution is 7.15. The first-order chi connectivity index (χ1) is 11.0. The summed E-state index contributed by atoms with van der Waals surface area (Å²) in [5.74, 6) is -0.965. The molecule has 0 spiro atoms. The highest BCUT2D eigenvalue weighted by Gasteiger charge is 2.15. The number of aromatic nitrogens is 2. The molecule has 1 aromatic carbocycles. The van der Waals surface area contributed by atoms with E-state index in [1.807, 2.05) is 0 Å². The summed E-state index contributed by atoms with van der Waals surface area (Å²) in [4.78, 5) is 11.9. The molecule has 1 aromatic heterocycles. The summed E-state index contributed by atoms with van der Waals surface area (Å²) in [6, 6.07) is 3.23. The maximum atomic E-state index is 13.5. The number of carbonyl (C=O) groups excluding carboxylic acids is 1. The zero-order chi connectivity index (χ0) is 16.8. The van der Waals surface area contributed by atoms with Crippen molar-refractivity contribution in [3.63, 3.8) is 0 Å². The lowest BCUT2D eigenvalue weighted by Gasteiger charge is -2.06. The molecule has 4 nitrogen and oxygen atoms in total. The number of nitrogens with zero attached hydrogens (tertiary/aromatic N) is 2. The SMILES string of the molecule is CCC(CC)c1nnc(NC(=O)CCc2cc(F)ccc2F)s1. The van der Waals surface area contributed by atoms with Gasteiger partial charge >= 0.3 is 0 Å². The number of rotatable bonds is 7. The Hall–Kier alpha value is -1.89. The third-order valence-corrected chi connectivity index (χ3v) is 4.65. The van der Waals surface area contributed by atoms with Crippen molar-refractivity contribution < 1.29 is 13.6 Å². The Morgan fingerprint density at radius 2 is 2.00 bits per heavy atom. The van der Waals surface area contributed by atoms with Crippen molar-refractivity contribution in [2.75, 3.05) is 5.32 Å². The van der Waals surface area contributed by atoms with E-state index < -0.39 is 11.6 Å². The Labute approximate surface area is 137 Å². The summed E-state index contributed by atoms with van der Waals surface area (Å²) < 4.78 is 26.6. The maximum absolute atomic E-state index is 13.5. The fourth-order valence-electron chi connectivity index (χ4n) is 2.25. The molecule has 0 saturated heterocycles. The lowest BCUT2D eigenvalue weighted by atomic mass is 10.1. The largest absolute Gasteiger partial charge is 0.301 e. The third-order valence-electron chi connectivity index (χ3n) is 3.65. The van der Waals surface area contributed by atoms with E-state index in [2.05, 4.69) is 29.4 Å². The molecule has 0 aliphatic carbocycles. The molecule has 0 aliphatic rings. The van der Waals surface area contributed by atoms with Crippen LogP contribution >= 0.6 is 11.3 Å². The van der Waals surface area contributed by atoms with Gasteiger partial charge in [-0.1, -0.05) is 25.2 Å². The second kappa shape index (κ2) is 8.10. The molecule has 0 aliphatic heterocycles. The normalized spacial score (nSPS) is 11.0. The van der Waals surface area contributed by atoms with Crippen LogP contribution in [0.3, 0.4) is 0 Å². The van der Waals surface area contributed by atoms with E-state index in [1.165, 1.54) is 11.3 Å². The van der Waals surface area contributed by atoms with Crippen molar-refractivity contribution in [2.45, 2.75) is 45.4 Å². The van der Waals surface area contributed by atoms with E-state index in [-0.39, 0.29) is 24.3 Å². The van der Waals surface area contributed by atoms with Gasteiger partial charge in [-0.05, 0) is 43.0 Å². The molecule has 1 amide bonds. The van der Waals surface area contributed by atoms with Gasteiger partial charge in [0.25, 0.3) is 0 Å². The number of hydrogen-bond donors (Lipinski definition) is 1. The number of benzene rings is 1. The number of hydrogen-bond acceptors (Lipinski definition) is 4. The molecule has 2 aromatic rings. The summed E-state index contributed by atoms with van der Waals surface area (Å²) >= 11 is 1.36. The average Bonchev–Trinajstić information content (AvgIpc) is 2.98. The van der Waals surface area contributed by atoms with Crippen LogP contribution in [0.2, 0.25) is 0 Å². The fraction of sp³-hybridized carbons (Fsp3) is 0.438. The quantitative estimate of drug-likeness (QED) is 0.818. The predicted molar refractivity (Wildman–Crippen MR) is 86.5 cm³/mol. The first-order valence-corrected chi connectivity index (χ1v) is 8.42. The molecule has 23 heavy (non-hydrogen) atoms. The second-order valence-electron chi connectivity index (χ2n) is 5.24. The Morgan fingerprint density at radius 3 is 2.70 bits per heavy atom. The molecule has 0 atom stereocenters. The summed E-state index contributed by atoms with van der Waals surface area (Å²) in [6.45, 7) is 4.17. The second-order valence-corrected chi connectivity index (χ2v) is 6.25. The van der Waals surface area contributed by atoms with Crippen molar-refractivity contribution in [1.82, 2.24) is 10.2 Å². The number of anilines is 1. The molecule has 0 radical (unpaired) electrons. The van der Waals surface area contributed by atoms with E-state index in [0.29, 0.717) is 11.0 Å². The third kappa shape index (κ3) is 4.79. The Bertz CT molecular complexity index is 671. The van der Waals surface area contributed by atoms with Crippen LogP contribution in [-0.4, -0.2) is 16.1 Å². The van der Waals surface area contributed by atoms with E-state index in [0.717, 1.165) is 36.0 Å². The Balaban J connectivity index is 1.91. The number of halogens is 2. The van der Waals surface area contributed by atoms with Crippen molar-refractivity contribution in [3.8, 4) is 0 Å². The van der Waals surface area contributed by atoms with Gasteiger partial charge in [0.15, 0.2) is 0 Å². The molecular weight excluding hydrogens is 320 g/mol. The molecule has 2 rings (SSSR count). The predicted octanol–water partition coefficient (Wildman–Crippen LogP) is 4.29. The molecule has 0 fully saturated rings. The van der Waals surface area contributed by atoms with Crippen molar-refractivity contribution >= 4 is 22.4 Å². The van der Waals surface area contributed by atoms with Crippen LogP contribution in [0.15, 0.2) is 18.2 Å². The number of nitrogens with one attached hydrogen (secondary N) is 1. The molecule has 0 bridgehead atoms. The van der Waals surface area contributed by atoms with Crippen LogP contribution in [0.1, 0.15) is 49.6 Å².